The smallest absolute Gasteiger partial charge is 0.254 e. The maximum atomic E-state index is 12.4. The SMILES string of the molecule is Cc1ccccc1-c1nc(N)n(C(=O)Cc2ccc(Cl)cc2)n1. The standard InChI is InChI=1S/C17H15ClN4O/c1-11-4-2-3-5-14(11)16-20-17(19)22(21-16)15(23)10-12-6-8-13(18)9-7-12/h2-9H,10H2,1H3,(H2,19,20,21). The number of aromatic nitrogens is 3. The van der Waals surface area contributed by atoms with E-state index in [4.69, 9.17) is 17.3 Å². The molecule has 0 atom stereocenters. The number of nitrogen functional groups attached to an aromatic ring is 1. The number of nitrogens with two attached hydrogens (primary N) is 1. The molecule has 2 aromatic carbocycles. The Hall–Kier alpha value is -2.66. The Bertz CT molecular complexity index is 855. The second-order valence-corrected chi connectivity index (χ2v) is 5.65. The molecular weight excluding hydrogens is 312 g/mol. The second kappa shape index (κ2) is 6.22. The minimum absolute atomic E-state index is 0.0854. The molecule has 0 unspecified atom stereocenters. The van der Waals surface area contributed by atoms with Crippen molar-refractivity contribution in [1.82, 2.24) is 14.8 Å². The largest absolute Gasteiger partial charge is 0.368 e. The minimum atomic E-state index is -0.239. The summed E-state index contributed by atoms with van der Waals surface area (Å²) in [6.45, 7) is 1.96. The fraction of sp³-hybridized carbons (Fsp3) is 0.118. The molecule has 0 saturated carbocycles. The third kappa shape index (κ3) is 3.24. The van der Waals surface area contributed by atoms with Crippen molar-refractivity contribution in [2.75, 3.05) is 5.73 Å². The van der Waals surface area contributed by atoms with Crippen LogP contribution in [0, 0.1) is 6.92 Å². The summed E-state index contributed by atoms with van der Waals surface area (Å²) in [6, 6.07) is 14.8. The maximum Gasteiger partial charge on any atom is 0.254 e. The average Bonchev–Trinajstić information content (AvgIpc) is 2.92. The molecule has 23 heavy (non-hydrogen) atoms. The van der Waals surface area contributed by atoms with Crippen molar-refractivity contribution in [2.45, 2.75) is 13.3 Å². The van der Waals surface area contributed by atoms with Crippen LogP contribution in [0.1, 0.15) is 15.9 Å². The van der Waals surface area contributed by atoms with Crippen LogP contribution in [-0.2, 0) is 6.42 Å². The Labute approximate surface area is 138 Å². The fourth-order valence-corrected chi connectivity index (χ4v) is 2.42. The van der Waals surface area contributed by atoms with Gasteiger partial charge in [-0.3, -0.25) is 4.79 Å². The molecule has 0 aliphatic carbocycles. The monoisotopic (exact) mass is 326 g/mol. The van der Waals surface area contributed by atoms with Crippen LogP contribution in [0.5, 0.6) is 0 Å². The molecule has 0 radical (unpaired) electrons. The lowest BCUT2D eigenvalue weighted by Gasteiger charge is -2.02. The zero-order valence-electron chi connectivity index (χ0n) is 12.5. The molecule has 0 saturated heterocycles. The van der Waals surface area contributed by atoms with Crippen molar-refractivity contribution in [3.05, 3.63) is 64.7 Å². The van der Waals surface area contributed by atoms with E-state index in [9.17, 15) is 4.79 Å². The molecule has 6 heteroatoms. The first kappa shape index (κ1) is 15.2. The topological polar surface area (TPSA) is 73.8 Å². The maximum absolute atomic E-state index is 12.4. The number of rotatable bonds is 3. The van der Waals surface area contributed by atoms with Gasteiger partial charge in [0.2, 0.25) is 5.95 Å². The van der Waals surface area contributed by atoms with E-state index >= 15 is 0 Å². The number of hydrogen-bond donors (Lipinski definition) is 1. The van der Waals surface area contributed by atoms with Gasteiger partial charge in [0.15, 0.2) is 5.82 Å². The van der Waals surface area contributed by atoms with Gasteiger partial charge in [0.05, 0.1) is 6.42 Å². The zero-order chi connectivity index (χ0) is 16.4. The van der Waals surface area contributed by atoms with Gasteiger partial charge >= 0.3 is 0 Å². The third-order valence-corrected chi connectivity index (χ3v) is 3.77. The summed E-state index contributed by atoms with van der Waals surface area (Å²) in [5, 5.41) is 4.89. The molecule has 0 bridgehead atoms. The van der Waals surface area contributed by atoms with Crippen molar-refractivity contribution >= 4 is 23.5 Å². The van der Waals surface area contributed by atoms with E-state index in [1.54, 1.807) is 24.3 Å². The number of nitrogens with zero attached hydrogens (tertiary/aromatic N) is 3. The first-order valence-electron chi connectivity index (χ1n) is 7.11. The van der Waals surface area contributed by atoms with E-state index < -0.39 is 0 Å². The molecular formula is C17H15ClN4O. The predicted octanol–water partition coefficient (Wildman–Crippen LogP) is 3.37. The highest BCUT2D eigenvalue weighted by Gasteiger charge is 2.16. The summed E-state index contributed by atoms with van der Waals surface area (Å²) < 4.78 is 1.15. The van der Waals surface area contributed by atoms with Gasteiger partial charge in [-0.05, 0) is 30.2 Å². The van der Waals surface area contributed by atoms with Gasteiger partial charge in [0.1, 0.15) is 0 Å². The van der Waals surface area contributed by atoms with Crippen LogP contribution < -0.4 is 5.73 Å². The van der Waals surface area contributed by atoms with Crippen molar-refractivity contribution in [3.8, 4) is 11.4 Å². The molecule has 3 rings (SSSR count). The van der Waals surface area contributed by atoms with Crippen LogP contribution in [0.25, 0.3) is 11.4 Å². The summed E-state index contributed by atoms with van der Waals surface area (Å²) >= 11 is 5.84. The van der Waals surface area contributed by atoms with Crippen LogP contribution in [-0.4, -0.2) is 20.7 Å². The molecule has 116 valence electrons. The van der Waals surface area contributed by atoms with Crippen molar-refractivity contribution in [3.63, 3.8) is 0 Å². The van der Waals surface area contributed by atoms with Gasteiger partial charge < -0.3 is 5.73 Å². The molecule has 3 aromatic rings. The highest BCUT2D eigenvalue weighted by atomic mass is 35.5. The van der Waals surface area contributed by atoms with Crippen molar-refractivity contribution in [2.24, 2.45) is 0 Å². The molecule has 0 spiro atoms. The summed E-state index contributed by atoms with van der Waals surface area (Å²) in [6.07, 6.45) is 0.179. The third-order valence-electron chi connectivity index (χ3n) is 3.52. The van der Waals surface area contributed by atoms with E-state index in [0.717, 1.165) is 21.4 Å². The average molecular weight is 327 g/mol. The van der Waals surface area contributed by atoms with Gasteiger partial charge in [-0.1, -0.05) is 48.0 Å². The normalized spacial score (nSPS) is 10.7. The van der Waals surface area contributed by atoms with Gasteiger partial charge in [-0.15, -0.1) is 5.10 Å². The Kier molecular flexibility index (Phi) is 4.12. The molecule has 0 amide bonds. The number of anilines is 1. The molecule has 2 N–H and O–H groups in total. The Morgan fingerprint density at radius 2 is 1.87 bits per heavy atom. The Morgan fingerprint density at radius 1 is 1.17 bits per heavy atom. The number of hydrogen-bond acceptors (Lipinski definition) is 4. The number of benzene rings is 2. The Morgan fingerprint density at radius 3 is 2.57 bits per heavy atom. The highest BCUT2D eigenvalue weighted by Crippen LogP contribution is 2.21. The Balaban J connectivity index is 1.87. The van der Waals surface area contributed by atoms with E-state index in [2.05, 4.69) is 10.1 Å². The van der Waals surface area contributed by atoms with Gasteiger partial charge in [-0.25, -0.2) is 0 Å². The van der Waals surface area contributed by atoms with Crippen LogP contribution in [0.4, 0.5) is 5.95 Å². The molecule has 0 aliphatic rings. The highest BCUT2D eigenvalue weighted by molar-refractivity contribution is 6.30. The summed E-state index contributed by atoms with van der Waals surface area (Å²) in [5.41, 5.74) is 8.58. The van der Waals surface area contributed by atoms with Crippen molar-refractivity contribution in [1.29, 1.82) is 0 Å². The van der Waals surface area contributed by atoms with E-state index in [1.165, 1.54) is 0 Å². The van der Waals surface area contributed by atoms with Crippen LogP contribution in [0.15, 0.2) is 48.5 Å². The summed E-state index contributed by atoms with van der Waals surface area (Å²) in [5.74, 6) is 0.296. The van der Waals surface area contributed by atoms with Crippen molar-refractivity contribution < 1.29 is 4.79 Å². The zero-order valence-corrected chi connectivity index (χ0v) is 13.3. The molecule has 5 nitrogen and oxygen atoms in total. The lowest BCUT2D eigenvalue weighted by atomic mass is 10.1. The van der Waals surface area contributed by atoms with Gasteiger partial charge in [0.25, 0.3) is 5.91 Å². The number of carbonyl (C=O) groups excluding carboxylic acids is 1. The van der Waals surface area contributed by atoms with Gasteiger partial charge in [0, 0.05) is 10.6 Å². The van der Waals surface area contributed by atoms with E-state index in [0.29, 0.717) is 10.8 Å². The molecule has 1 aromatic heterocycles. The predicted molar refractivity (Wildman–Crippen MR) is 90.4 cm³/mol. The molecule has 0 aliphatic heterocycles. The number of carbonyl (C=O) groups is 1. The first-order chi connectivity index (χ1) is 11.0. The van der Waals surface area contributed by atoms with Gasteiger partial charge in [-0.2, -0.15) is 9.67 Å². The van der Waals surface area contributed by atoms with Crippen LogP contribution >= 0.6 is 11.6 Å². The van der Waals surface area contributed by atoms with E-state index in [-0.39, 0.29) is 18.3 Å². The fourth-order valence-electron chi connectivity index (χ4n) is 2.30. The second-order valence-electron chi connectivity index (χ2n) is 5.22. The summed E-state index contributed by atoms with van der Waals surface area (Å²) in [7, 11) is 0. The van der Waals surface area contributed by atoms with Crippen LogP contribution in [0.2, 0.25) is 5.02 Å². The molecule has 1 heterocycles. The summed E-state index contributed by atoms with van der Waals surface area (Å²) in [4.78, 5) is 16.6. The minimum Gasteiger partial charge on any atom is -0.368 e. The quantitative estimate of drug-likeness (QED) is 0.800. The lowest BCUT2D eigenvalue weighted by molar-refractivity contribution is 0.0901. The molecule has 0 fully saturated rings. The number of aryl methyl sites for hydroxylation is 1. The number of halogens is 1. The van der Waals surface area contributed by atoms with Crippen LogP contribution in [0.3, 0.4) is 0 Å². The lowest BCUT2D eigenvalue weighted by Crippen LogP contribution is -2.17. The van der Waals surface area contributed by atoms with E-state index in [1.807, 2.05) is 31.2 Å². The first-order valence-corrected chi connectivity index (χ1v) is 7.48.